The Hall–Kier alpha value is -2.88. The van der Waals surface area contributed by atoms with Gasteiger partial charge in [0.2, 0.25) is 0 Å². The van der Waals surface area contributed by atoms with Gasteiger partial charge in [0.15, 0.2) is 0 Å². The van der Waals surface area contributed by atoms with Gasteiger partial charge in [-0.25, -0.2) is 4.98 Å². The van der Waals surface area contributed by atoms with Gasteiger partial charge in [-0.05, 0) is 66.3 Å². The SMILES string of the molecule is Cc1ccccc1-c1ccc(-n2cncc2C(=O)N[C@H]2C[C@H](C)CC(C)(C)C2)cc1. The van der Waals surface area contributed by atoms with Crippen molar-refractivity contribution < 1.29 is 4.79 Å². The summed E-state index contributed by atoms with van der Waals surface area (Å²) in [6.07, 6.45) is 6.63. The number of amides is 1. The van der Waals surface area contributed by atoms with Crippen molar-refractivity contribution in [3.05, 3.63) is 72.3 Å². The summed E-state index contributed by atoms with van der Waals surface area (Å²) in [7, 11) is 0. The van der Waals surface area contributed by atoms with Gasteiger partial charge in [0, 0.05) is 11.7 Å². The molecule has 1 fully saturated rings. The summed E-state index contributed by atoms with van der Waals surface area (Å²) in [5.74, 6) is 0.573. The van der Waals surface area contributed by atoms with Crippen LogP contribution < -0.4 is 5.32 Å². The van der Waals surface area contributed by atoms with Crippen molar-refractivity contribution in [2.45, 2.75) is 53.0 Å². The molecule has 3 aromatic rings. The second-order valence-corrected chi connectivity index (χ2v) is 9.59. The van der Waals surface area contributed by atoms with Crippen LogP contribution in [0.3, 0.4) is 0 Å². The van der Waals surface area contributed by atoms with Gasteiger partial charge in [0.25, 0.3) is 5.91 Å². The summed E-state index contributed by atoms with van der Waals surface area (Å²) in [6, 6.07) is 16.9. The number of nitrogens with zero attached hydrogens (tertiary/aromatic N) is 2. The molecule has 1 aromatic heterocycles. The maximum atomic E-state index is 13.0. The molecule has 0 spiro atoms. The van der Waals surface area contributed by atoms with Crippen molar-refractivity contribution >= 4 is 5.91 Å². The van der Waals surface area contributed by atoms with E-state index in [1.165, 1.54) is 23.1 Å². The van der Waals surface area contributed by atoms with Crippen molar-refractivity contribution in [3.8, 4) is 16.8 Å². The summed E-state index contributed by atoms with van der Waals surface area (Å²) >= 11 is 0. The molecular weight excluding hydrogens is 370 g/mol. The van der Waals surface area contributed by atoms with E-state index in [9.17, 15) is 4.79 Å². The standard InChI is InChI=1S/C26H31N3O/c1-18-13-21(15-26(3,4)14-18)28-25(30)24-16-27-17-29(24)22-11-9-20(10-12-22)23-8-6-5-7-19(23)2/h5-12,16-18,21H,13-15H2,1-4H3,(H,28,30)/t18-,21-/m0/s1. The number of benzene rings is 2. The van der Waals surface area contributed by atoms with E-state index in [0.717, 1.165) is 18.5 Å². The Morgan fingerprint density at radius 1 is 1.10 bits per heavy atom. The third-order valence-electron chi connectivity index (χ3n) is 6.19. The monoisotopic (exact) mass is 401 g/mol. The number of hydrogen-bond donors (Lipinski definition) is 1. The molecule has 0 unspecified atom stereocenters. The van der Waals surface area contributed by atoms with E-state index in [2.05, 4.69) is 74.4 Å². The molecule has 1 aliphatic rings. The molecule has 0 aliphatic heterocycles. The largest absolute Gasteiger partial charge is 0.348 e. The van der Waals surface area contributed by atoms with Gasteiger partial charge >= 0.3 is 0 Å². The number of nitrogens with one attached hydrogen (secondary N) is 1. The smallest absolute Gasteiger partial charge is 0.270 e. The van der Waals surface area contributed by atoms with E-state index in [1.54, 1.807) is 12.5 Å². The van der Waals surface area contributed by atoms with Crippen molar-refractivity contribution in [2.24, 2.45) is 11.3 Å². The van der Waals surface area contributed by atoms with E-state index in [-0.39, 0.29) is 17.4 Å². The highest BCUT2D eigenvalue weighted by atomic mass is 16.2. The second kappa shape index (κ2) is 8.10. The predicted octanol–water partition coefficient (Wildman–Crippen LogP) is 5.79. The minimum Gasteiger partial charge on any atom is -0.348 e. The highest BCUT2D eigenvalue weighted by molar-refractivity contribution is 5.93. The van der Waals surface area contributed by atoms with Crippen LogP contribution in [-0.2, 0) is 0 Å². The highest BCUT2D eigenvalue weighted by Crippen LogP contribution is 2.38. The van der Waals surface area contributed by atoms with Gasteiger partial charge in [0.1, 0.15) is 5.69 Å². The minimum absolute atomic E-state index is 0.0506. The van der Waals surface area contributed by atoms with E-state index in [1.807, 2.05) is 16.7 Å². The Bertz CT molecular complexity index is 1030. The fourth-order valence-corrected chi connectivity index (χ4v) is 5.08. The molecule has 1 N–H and O–H groups in total. The average Bonchev–Trinajstić information content (AvgIpc) is 3.17. The van der Waals surface area contributed by atoms with Gasteiger partial charge in [-0.3, -0.25) is 9.36 Å². The number of carbonyl (C=O) groups excluding carboxylic acids is 1. The molecule has 4 heteroatoms. The van der Waals surface area contributed by atoms with Crippen LogP contribution in [0.15, 0.2) is 61.1 Å². The molecule has 4 nitrogen and oxygen atoms in total. The number of aromatic nitrogens is 2. The van der Waals surface area contributed by atoms with Crippen LogP contribution in [0.25, 0.3) is 16.8 Å². The maximum absolute atomic E-state index is 13.0. The first-order valence-electron chi connectivity index (χ1n) is 10.8. The van der Waals surface area contributed by atoms with Gasteiger partial charge < -0.3 is 5.32 Å². The summed E-state index contributed by atoms with van der Waals surface area (Å²) in [6.45, 7) is 8.99. The molecule has 0 saturated heterocycles. The van der Waals surface area contributed by atoms with Crippen LogP contribution >= 0.6 is 0 Å². The average molecular weight is 402 g/mol. The van der Waals surface area contributed by atoms with Crippen molar-refractivity contribution in [1.82, 2.24) is 14.9 Å². The molecule has 2 atom stereocenters. The molecule has 1 saturated carbocycles. The molecule has 30 heavy (non-hydrogen) atoms. The number of aryl methyl sites for hydroxylation is 1. The first-order valence-corrected chi connectivity index (χ1v) is 10.8. The highest BCUT2D eigenvalue weighted by Gasteiger charge is 2.33. The van der Waals surface area contributed by atoms with Gasteiger partial charge in [-0.15, -0.1) is 0 Å². The third-order valence-corrected chi connectivity index (χ3v) is 6.19. The topological polar surface area (TPSA) is 46.9 Å². The number of carbonyl (C=O) groups is 1. The Morgan fingerprint density at radius 2 is 1.83 bits per heavy atom. The maximum Gasteiger partial charge on any atom is 0.270 e. The van der Waals surface area contributed by atoms with Gasteiger partial charge in [0.05, 0.1) is 12.5 Å². The summed E-state index contributed by atoms with van der Waals surface area (Å²) in [5, 5.41) is 3.26. The van der Waals surface area contributed by atoms with E-state index in [4.69, 9.17) is 0 Å². The molecule has 0 radical (unpaired) electrons. The summed E-state index contributed by atoms with van der Waals surface area (Å²) < 4.78 is 1.87. The number of hydrogen-bond acceptors (Lipinski definition) is 2. The van der Waals surface area contributed by atoms with Gasteiger partial charge in [-0.1, -0.05) is 57.2 Å². The molecule has 4 rings (SSSR count). The van der Waals surface area contributed by atoms with Crippen LogP contribution in [0.2, 0.25) is 0 Å². The van der Waals surface area contributed by atoms with Gasteiger partial charge in [-0.2, -0.15) is 0 Å². The quantitative estimate of drug-likeness (QED) is 0.601. The number of imidazole rings is 1. The first kappa shape index (κ1) is 20.4. The summed E-state index contributed by atoms with van der Waals surface area (Å²) in [4.78, 5) is 17.3. The Labute approximate surface area is 179 Å². The normalized spacial score (nSPS) is 20.7. The van der Waals surface area contributed by atoms with Crippen LogP contribution in [0.5, 0.6) is 0 Å². The molecule has 2 aromatic carbocycles. The molecule has 0 bridgehead atoms. The lowest BCUT2D eigenvalue weighted by Crippen LogP contribution is -2.43. The zero-order valence-electron chi connectivity index (χ0n) is 18.4. The molecule has 156 valence electrons. The van der Waals surface area contributed by atoms with Crippen molar-refractivity contribution in [1.29, 1.82) is 0 Å². The Morgan fingerprint density at radius 3 is 2.53 bits per heavy atom. The summed E-state index contributed by atoms with van der Waals surface area (Å²) in [5.41, 5.74) is 5.42. The van der Waals surface area contributed by atoms with Crippen LogP contribution in [0.4, 0.5) is 0 Å². The zero-order valence-corrected chi connectivity index (χ0v) is 18.4. The Balaban J connectivity index is 1.53. The lowest BCUT2D eigenvalue weighted by Gasteiger charge is -2.39. The fourth-order valence-electron chi connectivity index (χ4n) is 5.08. The Kier molecular flexibility index (Phi) is 5.50. The van der Waals surface area contributed by atoms with Crippen LogP contribution in [-0.4, -0.2) is 21.5 Å². The molecule has 1 heterocycles. The van der Waals surface area contributed by atoms with Crippen molar-refractivity contribution in [3.63, 3.8) is 0 Å². The molecular formula is C26H31N3O. The second-order valence-electron chi connectivity index (χ2n) is 9.59. The lowest BCUT2D eigenvalue weighted by atomic mass is 9.70. The number of rotatable bonds is 4. The molecule has 1 aliphatic carbocycles. The van der Waals surface area contributed by atoms with E-state index in [0.29, 0.717) is 11.6 Å². The lowest BCUT2D eigenvalue weighted by molar-refractivity contribution is 0.0867. The zero-order chi connectivity index (χ0) is 21.3. The van der Waals surface area contributed by atoms with E-state index >= 15 is 0 Å². The van der Waals surface area contributed by atoms with Crippen molar-refractivity contribution in [2.75, 3.05) is 0 Å². The first-order chi connectivity index (χ1) is 14.3. The van der Waals surface area contributed by atoms with Crippen LogP contribution in [0.1, 0.15) is 56.1 Å². The fraction of sp³-hybridized carbons (Fsp3) is 0.385. The van der Waals surface area contributed by atoms with E-state index < -0.39 is 0 Å². The van der Waals surface area contributed by atoms with Crippen LogP contribution in [0, 0.1) is 18.3 Å². The third kappa shape index (κ3) is 4.33. The predicted molar refractivity (Wildman–Crippen MR) is 122 cm³/mol. The molecule has 1 amide bonds. The minimum atomic E-state index is -0.0506.